The molecule has 1 rings (SSSR count). The number of hydrogen-bond acceptors (Lipinski definition) is 2. The number of ether oxygens (including phenoxy) is 1. The summed E-state index contributed by atoms with van der Waals surface area (Å²) < 4.78 is 40.2. The van der Waals surface area contributed by atoms with Gasteiger partial charge in [-0.25, -0.2) is 4.39 Å². The minimum atomic E-state index is -3.04. The zero-order chi connectivity index (χ0) is 10.0. The van der Waals surface area contributed by atoms with Crippen molar-refractivity contribution in [1.82, 2.24) is 0 Å². The van der Waals surface area contributed by atoms with E-state index < -0.39 is 23.2 Å². The first-order valence-electron chi connectivity index (χ1n) is 3.20. The summed E-state index contributed by atoms with van der Waals surface area (Å²) in [6.07, 6.45) is 0. The molecule has 0 aliphatic carbocycles. The maximum Gasteiger partial charge on any atom is 0.387 e. The second-order valence-corrected chi connectivity index (χ2v) is 2.54. The van der Waals surface area contributed by atoms with Gasteiger partial charge >= 0.3 is 6.61 Å². The van der Waals surface area contributed by atoms with E-state index in [-0.39, 0.29) is 5.69 Å². The fraction of sp³-hybridized carbons (Fsp3) is 0.143. The second kappa shape index (κ2) is 3.74. The average molecular weight is 212 g/mol. The molecule has 0 amide bonds. The lowest BCUT2D eigenvalue weighted by Crippen LogP contribution is -2.03. The van der Waals surface area contributed by atoms with Crippen LogP contribution in [0.1, 0.15) is 0 Å². The molecule has 1 aromatic carbocycles. The standard InChI is InChI=1S/C7H5ClF3NO/c8-5-4(13-7(10)11)2-1-3(12)6(5)9/h1-2,7H,12H2. The number of anilines is 1. The van der Waals surface area contributed by atoms with Crippen LogP contribution in [0.15, 0.2) is 12.1 Å². The number of halogens is 4. The molecule has 0 aliphatic heterocycles. The van der Waals surface area contributed by atoms with Crippen LogP contribution in [0.25, 0.3) is 0 Å². The molecule has 0 aliphatic rings. The summed E-state index contributed by atoms with van der Waals surface area (Å²) in [5.41, 5.74) is 4.90. The van der Waals surface area contributed by atoms with Crippen LogP contribution in [0.2, 0.25) is 5.02 Å². The molecule has 0 spiro atoms. The SMILES string of the molecule is Nc1ccc(OC(F)F)c(Cl)c1F. The van der Waals surface area contributed by atoms with Gasteiger partial charge in [0.1, 0.15) is 10.8 Å². The van der Waals surface area contributed by atoms with Gasteiger partial charge in [0.2, 0.25) is 0 Å². The monoisotopic (exact) mass is 211 g/mol. The predicted molar refractivity (Wildman–Crippen MR) is 42.5 cm³/mol. The van der Waals surface area contributed by atoms with Crippen molar-refractivity contribution in [2.75, 3.05) is 5.73 Å². The molecule has 0 heterocycles. The zero-order valence-corrected chi connectivity index (χ0v) is 6.99. The van der Waals surface area contributed by atoms with Gasteiger partial charge < -0.3 is 10.5 Å². The fourth-order valence-corrected chi connectivity index (χ4v) is 0.950. The molecule has 0 aromatic heterocycles. The highest BCUT2D eigenvalue weighted by atomic mass is 35.5. The van der Waals surface area contributed by atoms with Crippen LogP contribution in [0.3, 0.4) is 0 Å². The van der Waals surface area contributed by atoms with E-state index in [4.69, 9.17) is 17.3 Å². The Morgan fingerprint density at radius 2 is 2.00 bits per heavy atom. The highest BCUT2D eigenvalue weighted by molar-refractivity contribution is 6.32. The first-order chi connectivity index (χ1) is 6.02. The van der Waals surface area contributed by atoms with Gasteiger partial charge in [0.25, 0.3) is 0 Å². The van der Waals surface area contributed by atoms with Crippen molar-refractivity contribution in [3.05, 3.63) is 23.0 Å². The summed E-state index contributed by atoms with van der Waals surface area (Å²) in [6.45, 7) is -3.04. The normalized spacial score (nSPS) is 10.5. The lowest BCUT2D eigenvalue weighted by molar-refractivity contribution is -0.0499. The lowest BCUT2D eigenvalue weighted by atomic mass is 10.3. The largest absolute Gasteiger partial charge is 0.433 e. The van der Waals surface area contributed by atoms with Crippen molar-refractivity contribution >= 4 is 17.3 Å². The van der Waals surface area contributed by atoms with E-state index in [1.807, 2.05) is 0 Å². The van der Waals surface area contributed by atoms with E-state index >= 15 is 0 Å². The van der Waals surface area contributed by atoms with Crippen LogP contribution >= 0.6 is 11.6 Å². The van der Waals surface area contributed by atoms with E-state index in [0.29, 0.717) is 0 Å². The Bertz CT molecular complexity index is 319. The minimum Gasteiger partial charge on any atom is -0.433 e. The van der Waals surface area contributed by atoms with Crippen LogP contribution < -0.4 is 10.5 Å². The summed E-state index contributed by atoms with van der Waals surface area (Å²) in [5.74, 6) is -1.39. The number of rotatable bonds is 2. The van der Waals surface area contributed by atoms with Crippen molar-refractivity contribution in [3.8, 4) is 5.75 Å². The van der Waals surface area contributed by atoms with Crippen molar-refractivity contribution in [3.63, 3.8) is 0 Å². The first kappa shape index (κ1) is 9.98. The van der Waals surface area contributed by atoms with Crippen LogP contribution in [0, 0.1) is 5.82 Å². The van der Waals surface area contributed by atoms with Crippen LogP contribution in [0.4, 0.5) is 18.9 Å². The topological polar surface area (TPSA) is 35.2 Å². The molecule has 0 fully saturated rings. The maximum absolute atomic E-state index is 12.9. The van der Waals surface area contributed by atoms with Crippen molar-refractivity contribution in [2.45, 2.75) is 6.61 Å². The summed E-state index contributed by atoms with van der Waals surface area (Å²) in [5, 5.41) is -0.541. The Morgan fingerprint density at radius 1 is 1.38 bits per heavy atom. The Kier molecular flexibility index (Phi) is 2.87. The molecule has 0 unspecified atom stereocenters. The predicted octanol–water partition coefficient (Wildman–Crippen LogP) is 2.66. The Labute approximate surface area is 77.0 Å². The van der Waals surface area contributed by atoms with Crippen LogP contribution in [-0.2, 0) is 0 Å². The lowest BCUT2D eigenvalue weighted by Gasteiger charge is -2.07. The van der Waals surface area contributed by atoms with E-state index in [1.54, 1.807) is 0 Å². The number of nitrogens with two attached hydrogens (primary N) is 1. The van der Waals surface area contributed by atoms with E-state index in [1.165, 1.54) is 0 Å². The Balaban J connectivity index is 3.04. The van der Waals surface area contributed by atoms with Gasteiger partial charge in [0, 0.05) is 0 Å². The molecule has 6 heteroatoms. The Hall–Kier alpha value is -1.10. The van der Waals surface area contributed by atoms with Gasteiger partial charge in [-0.1, -0.05) is 11.6 Å². The number of alkyl halides is 2. The maximum atomic E-state index is 12.9. The van der Waals surface area contributed by atoms with Crippen LogP contribution in [-0.4, -0.2) is 6.61 Å². The quantitative estimate of drug-likeness (QED) is 0.764. The summed E-state index contributed by atoms with van der Waals surface area (Å²) in [4.78, 5) is 0. The molecule has 72 valence electrons. The molecule has 0 saturated heterocycles. The molecule has 2 nitrogen and oxygen atoms in total. The van der Waals surface area contributed by atoms with Gasteiger partial charge in [-0.2, -0.15) is 8.78 Å². The second-order valence-electron chi connectivity index (χ2n) is 2.16. The van der Waals surface area contributed by atoms with Gasteiger partial charge in [-0.15, -0.1) is 0 Å². The summed E-state index contributed by atoms with van der Waals surface area (Å²) in [6, 6.07) is 2.17. The number of hydrogen-bond donors (Lipinski definition) is 1. The van der Waals surface area contributed by atoms with E-state index in [0.717, 1.165) is 12.1 Å². The number of nitrogen functional groups attached to an aromatic ring is 1. The number of benzene rings is 1. The molecule has 0 radical (unpaired) electrons. The first-order valence-corrected chi connectivity index (χ1v) is 3.58. The highest BCUT2D eigenvalue weighted by Gasteiger charge is 2.13. The van der Waals surface area contributed by atoms with Crippen molar-refractivity contribution < 1.29 is 17.9 Å². The van der Waals surface area contributed by atoms with Gasteiger partial charge in [-0.3, -0.25) is 0 Å². The fourth-order valence-electron chi connectivity index (χ4n) is 0.734. The van der Waals surface area contributed by atoms with Crippen molar-refractivity contribution in [2.24, 2.45) is 0 Å². The molecular formula is C7H5ClF3NO. The molecule has 1 aromatic rings. The van der Waals surface area contributed by atoms with E-state index in [9.17, 15) is 13.2 Å². The zero-order valence-electron chi connectivity index (χ0n) is 6.23. The van der Waals surface area contributed by atoms with Crippen molar-refractivity contribution in [1.29, 1.82) is 0 Å². The highest BCUT2D eigenvalue weighted by Crippen LogP contribution is 2.31. The van der Waals surface area contributed by atoms with Gasteiger partial charge in [0.15, 0.2) is 5.82 Å². The van der Waals surface area contributed by atoms with Crippen LogP contribution in [0.5, 0.6) is 5.75 Å². The smallest absolute Gasteiger partial charge is 0.387 e. The Morgan fingerprint density at radius 3 is 2.54 bits per heavy atom. The van der Waals surface area contributed by atoms with Gasteiger partial charge in [-0.05, 0) is 12.1 Å². The van der Waals surface area contributed by atoms with Gasteiger partial charge in [0.05, 0.1) is 5.69 Å². The third kappa shape index (κ3) is 2.18. The molecule has 2 N–H and O–H groups in total. The average Bonchev–Trinajstić information content (AvgIpc) is 2.06. The molecule has 0 bridgehead atoms. The molecule has 13 heavy (non-hydrogen) atoms. The molecule has 0 atom stereocenters. The molecular weight excluding hydrogens is 207 g/mol. The third-order valence-electron chi connectivity index (χ3n) is 1.29. The van der Waals surface area contributed by atoms with E-state index in [2.05, 4.69) is 4.74 Å². The summed E-state index contributed by atoms with van der Waals surface area (Å²) >= 11 is 5.33. The molecule has 0 saturated carbocycles. The minimum absolute atomic E-state index is 0.216. The summed E-state index contributed by atoms with van der Waals surface area (Å²) in [7, 11) is 0. The third-order valence-corrected chi connectivity index (χ3v) is 1.64.